The minimum atomic E-state index is 0.0631. The van der Waals surface area contributed by atoms with E-state index in [4.69, 9.17) is 5.73 Å². The minimum Gasteiger partial charge on any atom is -0.401 e. The van der Waals surface area contributed by atoms with Crippen LogP contribution < -0.4 is 5.73 Å². The molecule has 4 rings (SSSR count). The predicted octanol–water partition coefficient (Wildman–Crippen LogP) is 4.62. The molecular formula is C20H19N. The normalized spacial score (nSPS) is 18.0. The van der Waals surface area contributed by atoms with Gasteiger partial charge in [-0.25, -0.2) is 0 Å². The Kier molecular flexibility index (Phi) is 2.44. The van der Waals surface area contributed by atoms with Gasteiger partial charge in [-0.2, -0.15) is 0 Å². The van der Waals surface area contributed by atoms with Gasteiger partial charge in [0.1, 0.15) is 0 Å². The molecule has 0 fully saturated rings. The Bertz CT molecular complexity index is 806. The van der Waals surface area contributed by atoms with Crippen LogP contribution in [0.2, 0.25) is 0 Å². The van der Waals surface area contributed by atoms with E-state index < -0.39 is 0 Å². The molecule has 2 aromatic rings. The predicted molar refractivity (Wildman–Crippen MR) is 88.9 cm³/mol. The first-order valence-corrected chi connectivity index (χ1v) is 7.49. The van der Waals surface area contributed by atoms with Crippen molar-refractivity contribution in [3.8, 4) is 11.1 Å². The molecule has 2 aromatic carbocycles. The first-order valence-electron chi connectivity index (χ1n) is 7.49. The molecule has 0 atom stereocenters. The number of benzene rings is 2. The molecule has 0 aliphatic heterocycles. The first kappa shape index (κ1) is 12.5. The summed E-state index contributed by atoms with van der Waals surface area (Å²) >= 11 is 0. The smallest absolute Gasteiger partial charge is 0.0199 e. The van der Waals surface area contributed by atoms with E-state index in [-0.39, 0.29) is 5.41 Å². The average Bonchev–Trinajstić information content (AvgIpc) is 2.91. The van der Waals surface area contributed by atoms with E-state index in [1.165, 1.54) is 33.4 Å². The van der Waals surface area contributed by atoms with E-state index in [9.17, 15) is 0 Å². The lowest BCUT2D eigenvalue weighted by Gasteiger charge is -2.34. The molecule has 21 heavy (non-hydrogen) atoms. The Balaban J connectivity index is 2.04. The Morgan fingerprint density at radius 1 is 0.952 bits per heavy atom. The molecule has 2 bridgehead atoms. The van der Waals surface area contributed by atoms with Gasteiger partial charge in [-0.05, 0) is 33.9 Å². The Morgan fingerprint density at radius 2 is 1.76 bits per heavy atom. The summed E-state index contributed by atoms with van der Waals surface area (Å²) < 4.78 is 0. The molecule has 2 aliphatic carbocycles. The number of hydrogen-bond acceptors (Lipinski definition) is 1. The summed E-state index contributed by atoms with van der Waals surface area (Å²) in [4.78, 5) is 0. The van der Waals surface area contributed by atoms with Crippen LogP contribution in [0.1, 0.15) is 37.0 Å². The van der Waals surface area contributed by atoms with E-state index >= 15 is 0 Å². The van der Waals surface area contributed by atoms with Crippen LogP contribution in [0.5, 0.6) is 0 Å². The molecule has 0 aromatic heterocycles. The van der Waals surface area contributed by atoms with Crippen LogP contribution in [0.3, 0.4) is 0 Å². The van der Waals surface area contributed by atoms with Crippen LogP contribution in [0.4, 0.5) is 0 Å². The van der Waals surface area contributed by atoms with Gasteiger partial charge in [0.25, 0.3) is 0 Å². The summed E-state index contributed by atoms with van der Waals surface area (Å²) in [5.41, 5.74) is 15.1. The molecule has 0 unspecified atom stereocenters. The zero-order valence-electron chi connectivity index (χ0n) is 12.5. The van der Waals surface area contributed by atoms with Crippen molar-refractivity contribution in [1.82, 2.24) is 0 Å². The number of fused-ring (bicyclic) bond motifs is 4. The van der Waals surface area contributed by atoms with Gasteiger partial charge in [0, 0.05) is 23.1 Å². The fourth-order valence-corrected chi connectivity index (χ4v) is 3.59. The lowest BCUT2D eigenvalue weighted by Crippen LogP contribution is -2.23. The van der Waals surface area contributed by atoms with Gasteiger partial charge in [0.2, 0.25) is 0 Å². The standard InChI is InChI=1S/C20H19N/c1-20(2)13-10-11-14(16-7-5-9-19(16)21)17(12-13)15-6-3-4-8-18(15)20/h3-8,10-12H,9,21H2,1-2H3. The maximum atomic E-state index is 6.18. The van der Waals surface area contributed by atoms with Crippen LogP contribution in [0.25, 0.3) is 16.7 Å². The monoisotopic (exact) mass is 273 g/mol. The summed E-state index contributed by atoms with van der Waals surface area (Å²) in [6.45, 7) is 4.60. The topological polar surface area (TPSA) is 26.0 Å². The minimum absolute atomic E-state index is 0.0631. The molecule has 0 radical (unpaired) electrons. The van der Waals surface area contributed by atoms with Crippen LogP contribution in [0, 0.1) is 0 Å². The average molecular weight is 273 g/mol. The quantitative estimate of drug-likeness (QED) is 0.806. The highest BCUT2D eigenvalue weighted by Crippen LogP contribution is 2.46. The molecule has 0 heterocycles. The lowest BCUT2D eigenvalue weighted by molar-refractivity contribution is 0.637. The van der Waals surface area contributed by atoms with Gasteiger partial charge < -0.3 is 5.73 Å². The van der Waals surface area contributed by atoms with Crippen molar-refractivity contribution in [3.63, 3.8) is 0 Å². The van der Waals surface area contributed by atoms with Gasteiger partial charge in [-0.15, -0.1) is 0 Å². The molecule has 2 N–H and O–H groups in total. The van der Waals surface area contributed by atoms with E-state index in [0.717, 1.165) is 12.1 Å². The zero-order valence-corrected chi connectivity index (χ0v) is 12.5. The molecule has 1 heteroatoms. The maximum absolute atomic E-state index is 6.18. The van der Waals surface area contributed by atoms with Gasteiger partial charge in [-0.3, -0.25) is 0 Å². The second-order valence-electron chi connectivity index (χ2n) is 6.48. The van der Waals surface area contributed by atoms with Crippen molar-refractivity contribution in [3.05, 3.63) is 77.0 Å². The molecular weight excluding hydrogens is 254 g/mol. The first-order chi connectivity index (χ1) is 10.1. The van der Waals surface area contributed by atoms with E-state index in [2.05, 4.69) is 68.5 Å². The van der Waals surface area contributed by atoms with Crippen molar-refractivity contribution in [2.24, 2.45) is 5.73 Å². The van der Waals surface area contributed by atoms with E-state index in [0.29, 0.717) is 0 Å². The summed E-state index contributed by atoms with van der Waals surface area (Å²) in [7, 11) is 0. The van der Waals surface area contributed by atoms with Crippen molar-refractivity contribution in [2.75, 3.05) is 0 Å². The van der Waals surface area contributed by atoms with Crippen molar-refractivity contribution >= 4 is 5.57 Å². The highest BCUT2D eigenvalue weighted by atomic mass is 14.6. The Morgan fingerprint density at radius 3 is 2.52 bits per heavy atom. The number of rotatable bonds is 1. The Hall–Kier alpha value is -2.28. The fourth-order valence-electron chi connectivity index (χ4n) is 3.59. The molecule has 1 nitrogen and oxygen atoms in total. The summed E-state index contributed by atoms with van der Waals surface area (Å²) in [6.07, 6.45) is 5.16. The Labute approximate surface area is 125 Å². The highest BCUT2D eigenvalue weighted by Gasteiger charge is 2.31. The number of nitrogens with two attached hydrogens (primary N) is 1. The summed E-state index contributed by atoms with van der Waals surface area (Å²) in [5, 5.41) is 0. The molecule has 0 amide bonds. The van der Waals surface area contributed by atoms with Crippen LogP contribution in [-0.2, 0) is 5.41 Å². The third kappa shape index (κ3) is 1.64. The van der Waals surface area contributed by atoms with Gasteiger partial charge in [0.05, 0.1) is 0 Å². The van der Waals surface area contributed by atoms with Crippen molar-refractivity contribution in [1.29, 1.82) is 0 Å². The van der Waals surface area contributed by atoms with Crippen LogP contribution >= 0.6 is 0 Å². The molecule has 0 saturated heterocycles. The fraction of sp³-hybridized carbons (Fsp3) is 0.200. The third-order valence-corrected chi connectivity index (χ3v) is 4.89. The summed E-state index contributed by atoms with van der Waals surface area (Å²) in [6, 6.07) is 15.6. The van der Waals surface area contributed by atoms with Gasteiger partial charge in [-0.1, -0.05) is 62.4 Å². The van der Waals surface area contributed by atoms with Crippen molar-refractivity contribution < 1.29 is 0 Å². The van der Waals surface area contributed by atoms with Crippen molar-refractivity contribution in [2.45, 2.75) is 25.7 Å². The van der Waals surface area contributed by atoms with E-state index in [1.807, 2.05) is 0 Å². The summed E-state index contributed by atoms with van der Waals surface area (Å²) in [5.74, 6) is 0. The van der Waals surface area contributed by atoms with Crippen LogP contribution in [-0.4, -0.2) is 0 Å². The van der Waals surface area contributed by atoms with Gasteiger partial charge >= 0.3 is 0 Å². The second kappa shape index (κ2) is 4.11. The largest absolute Gasteiger partial charge is 0.401 e. The number of allylic oxidation sites excluding steroid dienone is 3. The second-order valence-corrected chi connectivity index (χ2v) is 6.48. The zero-order chi connectivity index (χ0) is 14.6. The maximum Gasteiger partial charge on any atom is 0.0199 e. The number of hydrogen-bond donors (Lipinski definition) is 1. The molecule has 0 spiro atoms. The van der Waals surface area contributed by atoms with E-state index in [1.54, 1.807) is 0 Å². The lowest BCUT2D eigenvalue weighted by atomic mass is 9.69. The molecule has 104 valence electrons. The molecule has 2 aliphatic rings. The van der Waals surface area contributed by atoms with Crippen LogP contribution in [0.15, 0.2) is 60.3 Å². The van der Waals surface area contributed by atoms with Gasteiger partial charge in [0.15, 0.2) is 0 Å². The molecule has 0 saturated carbocycles. The highest BCUT2D eigenvalue weighted by molar-refractivity contribution is 5.91. The third-order valence-electron chi connectivity index (χ3n) is 4.89. The SMILES string of the molecule is CC1(C)c2ccc(C3=C(N)CC=C3)c(c2)-c2ccccc21.